The second-order valence-electron chi connectivity index (χ2n) is 6.84. The monoisotopic (exact) mass is 457 g/mol. The summed E-state index contributed by atoms with van der Waals surface area (Å²) in [4.78, 5) is 16.9. The predicted octanol–water partition coefficient (Wildman–Crippen LogP) is 4.55. The normalized spacial score (nSPS) is 12.1. The fourth-order valence-electron chi connectivity index (χ4n) is 3.64. The standard InChI is InChI=1S/C6H4N3OS.3C4H9.Sn/c7-5(10)4-6-9(3-8-4)1-2-11-6;3*1-3-4-2;/h2-3H,(H2,7,10);3*1,3-4H2,2H3;. The molecule has 2 heterocycles. The van der Waals surface area contributed by atoms with Crippen molar-refractivity contribution in [1.82, 2.24) is 9.38 Å². The Morgan fingerprint density at radius 3 is 2.12 bits per heavy atom. The summed E-state index contributed by atoms with van der Waals surface area (Å²) in [5.41, 5.74) is 5.93. The molecule has 4 nitrogen and oxygen atoms in total. The number of amides is 1. The van der Waals surface area contributed by atoms with Crippen LogP contribution in [0.1, 0.15) is 69.8 Å². The van der Waals surface area contributed by atoms with Crippen LogP contribution in [-0.4, -0.2) is 33.7 Å². The maximum atomic E-state index is 11.6. The van der Waals surface area contributed by atoms with Gasteiger partial charge in [0, 0.05) is 0 Å². The van der Waals surface area contributed by atoms with Gasteiger partial charge >= 0.3 is 154 Å². The summed E-state index contributed by atoms with van der Waals surface area (Å²) >= 11 is -0.842. The van der Waals surface area contributed by atoms with Gasteiger partial charge in [0.15, 0.2) is 0 Å². The van der Waals surface area contributed by atoms with Crippen molar-refractivity contribution in [2.75, 3.05) is 0 Å². The molecule has 2 aromatic rings. The molecule has 0 radical (unpaired) electrons. The van der Waals surface area contributed by atoms with E-state index >= 15 is 0 Å². The molecule has 2 aromatic heterocycles. The number of rotatable bonds is 11. The van der Waals surface area contributed by atoms with Crippen LogP contribution in [0.4, 0.5) is 0 Å². The number of carbonyl (C=O) groups excluding carboxylic acids is 1. The zero-order valence-electron chi connectivity index (χ0n) is 15.3. The average Bonchev–Trinajstić information content (AvgIpc) is 3.16. The Morgan fingerprint density at radius 1 is 1.12 bits per heavy atom. The topological polar surface area (TPSA) is 60.4 Å². The van der Waals surface area contributed by atoms with Crippen molar-refractivity contribution in [3.63, 3.8) is 0 Å². The van der Waals surface area contributed by atoms with Crippen LogP contribution in [0.5, 0.6) is 0 Å². The van der Waals surface area contributed by atoms with Crippen molar-refractivity contribution in [3.8, 4) is 0 Å². The third kappa shape index (κ3) is 4.15. The van der Waals surface area contributed by atoms with E-state index in [-0.39, 0.29) is 0 Å². The first-order valence-electron chi connectivity index (χ1n) is 9.34. The molecule has 0 aliphatic heterocycles. The van der Waals surface area contributed by atoms with Crippen LogP contribution in [0, 0.1) is 0 Å². The first kappa shape index (κ1) is 19.8. The number of carbonyl (C=O) groups is 1. The Bertz CT molecular complexity index is 643. The second kappa shape index (κ2) is 9.22. The Kier molecular flexibility index (Phi) is 7.59. The van der Waals surface area contributed by atoms with Crippen molar-refractivity contribution in [2.45, 2.75) is 72.6 Å². The average molecular weight is 456 g/mol. The van der Waals surface area contributed by atoms with Gasteiger partial charge in [-0.3, -0.25) is 0 Å². The van der Waals surface area contributed by atoms with E-state index in [1.54, 1.807) is 15.0 Å². The van der Waals surface area contributed by atoms with E-state index in [9.17, 15) is 4.79 Å². The van der Waals surface area contributed by atoms with E-state index in [1.165, 1.54) is 51.8 Å². The molecular weight excluding hydrogens is 425 g/mol. The van der Waals surface area contributed by atoms with E-state index in [2.05, 4.69) is 35.5 Å². The van der Waals surface area contributed by atoms with Gasteiger partial charge in [-0.05, 0) is 0 Å². The van der Waals surface area contributed by atoms with Gasteiger partial charge in [0.1, 0.15) is 0 Å². The minimum absolute atomic E-state index is 0.414. The molecular formula is C18H31N3OSSn. The van der Waals surface area contributed by atoms with Gasteiger partial charge in [-0.15, -0.1) is 0 Å². The molecule has 0 aliphatic carbocycles. The summed E-state index contributed by atoms with van der Waals surface area (Å²) < 4.78 is 8.02. The Labute approximate surface area is 153 Å². The Hall–Kier alpha value is -0.561. The molecule has 0 aliphatic rings. The molecule has 0 bridgehead atoms. The first-order chi connectivity index (χ1) is 11.6. The summed E-state index contributed by atoms with van der Waals surface area (Å²) in [6, 6.07) is 0. The van der Waals surface area contributed by atoms with Crippen LogP contribution in [-0.2, 0) is 0 Å². The predicted molar refractivity (Wildman–Crippen MR) is 106 cm³/mol. The second-order valence-corrected chi connectivity index (χ2v) is 20.8. The van der Waals surface area contributed by atoms with Crippen LogP contribution in [0.15, 0.2) is 11.7 Å². The molecule has 0 aromatic carbocycles. The molecule has 2 rings (SSSR count). The number of hydrogen-bond acceptors (Lipinski definition) is 3. The van der Waals surface area contributed by atoms with E-state index in [1.807, 2.05) is 6.33 Å². The number of fused-ring (bicyclic) bond motifs is 1. The number of primary amides is 1. The van der Waals surface area contributed by atoms with Crippen LogP contribution in [0.2, 0.25) is 13.3 Å². The summed E-state index contributed by atoms with van der Waals surface area (Å²) in [7, 11) is 0. The van der Waals surface area contributed by atoms with Gasteiger partial charge < -0.3 is 0 Å². The van der Waals surface area contributed by atoms with Crippen LogP contribution in [0.25, 0.3) is 4.83 Å². The molecule has 24 heavy (non-hydrogen) atoms. The van der Waals surface area contributed by atoms with Crippen molar-refractivity contribution in [2.24, 2.45) is 5.73 Å². The van der Waals surface area contributed by atoms with E-state index in [0.717, 1.165) is 4.83 Å². The fourth-order valence-corrected chi connectivity index (χ4v) is 22.7. The third-order valence-electron chi connectivity index (χ3n) is 5.07. The molecule has 0 saturated carbocycles. The number of imidazole rings is 1. The van der Waals surface area contributed by atoms with E-state index in [0.29, 0.717) is 5.69 Å². The summed E-state index contributed by atoms with van der Waals surface area (Å²) in [6.45, 7) is 6.88. The fraction of sp³-hybridized carbons (Fsp3) is 0.667. The van der Waals surface area contributed by atoms with E-state index in [4.69, 9.17) is 5.73 Å². The van der Waals surface area contributed by atoms with Crippen molar-refractivity contribution in [1.29, 1.82) is 0 Å². The van der Waals surface area contributed by atoms with Crippen molar-refractivity contribution < 1.29 is 4.79 Å². The Balaban J connectivity index is 2.49. The SMILES string of the molecule is CCC[CH2][Sn]([CH2]CCC)([CH2]CCC)[c]1csc2c(C(N)=O)ncn12. The van der Waals surface area contributed by atoms with Gasteiger partial charge in [0.05, 0.1) is 0 Å². The zero-order chi connectivity index (χ0) is 17.6. The molecule has 0 saturated heterocycles. The van der Waals surface area contributed by atoms with Crippen LogP contribution >= 0.6 is 11.3 Å². The van der Waals surface area contributed by atoms with E-state index < -0.39 is 24.3 Å². The van der Waals surface area contributed by atoms with Gasteiger partial charge in [-0.25, -0.2) is 0 Å². The molecule has 0 atom stereocenters. The minimum atomic E-state index is -2.50. The van der Waals surface area contributed by atoms with Crippen molar-refractivity contribution >= 4 is 44.2 Å². The molecule has 0 unspecified atom stereocenters. The number of unbranched alkanes of at least 4 members (excludes halogenated alkanes) is 3. The molecule has 2 N–H and O–H groups in total. The van der Waals surface area contributed by atoms with Crippen LogP contribution < -0.4 is 9.44 Å². The molecule has 0 spiro atoms. The zero-order valence-corrected chi connectivity index (χ0v) is 19.0. The van der Waals surface area contributed by atoms with Gasteiger partial charge in [0.25, 0.3) is 0 Å². The van der Waals surface area contributed by atoms with Gasteiger partial charge in [0.2, 0.25) is 0 Å². The third-order valence-corrected chi connectivity index (χ3v) is 22.0. The van der Waals surface area contributed by atoms with Crippen molar-refractivity contribution in [3.05, 3.63) is 17.4 Å². The molecule has 0 fully saturated rings. The number of aromatic nitrogens is 2. The maximum absolute atomic E-state index is 11.6. The van der Waals surface area contributed by atoms with Gasteiger partial charge in [-0.1, -0.05) is 0 Å². The number of nitrogens with zero attached hydrogens (tertiary/aromatic N) is 2. The van der Waals surface area contributed by atoms with Crippen LogP contribution in [0.3, 0.4) is 0 Å². The van der Waals surface area contributed by atoms with Gasteiger partial charge in [-0.2, -0.15) is 0 Å². The molecule has 134 valence electrons. The summed E-state index contributed by atoms with van der Waals surface area (Å²) in [5, 5.41) is 2.33. The number of hydrogen-bond donors (Lipinski definition) is 1. The number of nitrogens with two attached hydrogens (primary N) is 1. The Morgan fingerprint density at radius 2 is 1.67 bits per heavy atom. The number of thiazole rings is 1. The first-order valence-corrected chi connectivity index (χ1v) is 17.7. The molecule has 6 heteroatoms. The summed E-state index contributed by atoms with van der Waals surface area (Å²) in [5.74, 6) is -0.414. The quantitative estimate of drug-likeness (QED) is 0.505. The molecule has 1 amide bonds. The summed E-state index contributed by atoms with van der Waals surface area (Å²) in [6.07, 6.45) is 9.63.